The summed E-state index contributed by atoms with van der Waals surface area (Å²) in [6.07, 6.45) is 19.1. The summed E-state index contributed by atoms with van der Waals surface area (Å²) in [7, 11) is 0.554. The summed E-state index contributed by atoms with van der Waals surface area (Å²) in [5.74, 6) is 1.69. The predicted octanol–water partition coefficient (Wildman–Crippen LogP) is 13.5. The summed E-state index contributed by atoms with van der Waals surface area (Å²) in [6, 6.07) is 21.7. The standard InChI is InChI=1S/C43H59BN4O7.C35H51BN4O6.2CH4/c1-42(2)32-22-36(42)43(3)37(23-32)54-44(55-43)38-16-10-8-6-5-7-9-13-21-46(25-29-17-19-33(52-4)20-18-29)40(50)48-28-34(24-35(48)39(49)45-38)53-41(51)47-26-30-14-11-12-15-31(30)27-47;1-34(2)25-17-28(34)35(3)29(18-25)45-36(46-35)30-15-9-7-5-4-6-8-12-16-37-32(42)40-22-26(19-27(40)31(41)38-30)44-33(43)39-20-23-13-10-11-14-24(23)21-39;;/h11-12,14-15,17-20,32,34-38H,5-10,13,16,21-28H2,1-4H3,(H,45,49);10-11,13-14,25-30H,4-9,12,15-22H2,1-3H3,(H,37,42)(H,38,41);2*1H4/t32-,34-,35+,36-,37?,38+,43-;25-,26-,27+,28-,29?,30+,35-;;/m11../s1. The van der Waals surface area contributed by atoms with E-state index in [2.05, 4.69) is 57.5 Å². The Labute approximate surface area is 613 Å². The number of methoxy groups -OCH3 is 1. The van der Waals surface area contributed by atoms with Crippen molar-refractivity contribution in [2.24, 2.45) is 34.5 Å². The summed E-state index contributed by atoms with van der Waals surface area (Å²) in [5.41, 5.74) is 5.10. The van der Waals surface area contributed by atoms with Crippen molar-refractivity contribution >= 4 is 50.3 Å². The van der Waals surface area contributed by atoms with Crippen LogP contribution in [0.4, 0.5) is 19.2 Å². The Bertz CT molecular complexity index is 3450. The quantitative estimate of drug-likeness (QED) is 0.188. The van der Waals surface area contributed by atoms with Crippen molar-refractivity contribution in [2.45, 2.75) is 290 Å². The lowest BCUT2D eigenvalue weighted by molar-refractivity contribution is -0.199. The fourth-order valence-corrected chi connectivity index (χ4v) is 19.9. The predicted molar refractivity (Wildman–Crippen MR) is 396 cm³/mol. The summed E-state index contributed by atoms with van der Waals surface area (Å²) in [5, 5.41) is 9.68. The highest BCUT2D eigenvalue weighted by molar-refractivity contribution is 6.48. The molecular formula is C80H118B2N8O13. The molecule has 0 aromatic heterocycles. The Morgan fingerprint density at radius 1 is 0.524 bits per heavy atom. The van der Waals surface area contributed by atoms with E-state index < -0.39 is 56.3 Å². The molecule has 14 atom stereocenters. The number of rotatable bonds is 7. The van der Waals surface area contributed by atoms with Crippen LogP contribution in [0.15, 0.2) is 72.8 Å². The molecule has 12 fully saturated rings. The Morgan fingerprint density at radius 2 is 0.942 bits per heavy atom. The molecule has 562 valence electrons. The number of benzene rings is 3. The lowest BCUT2D eigenvalue weighted by Gasteiger charge is -2.64. The van der Waals surface area contributed by atoms with Gasteiger partial charge in [-0.2, -0.15) is 0 Å². The molecule has 3 N–H and O–H groups in total. The summed E-state index contributed by atoms with van der Waals surface area (Å²) < 4.78 is 44.6. The SMILES string of the molecule is C.C.CC1(C)[C@H]2CC3OB([C@@H]4CCCCCCCCCNC(=O)N5C[C@H](OC(=O)N6Cc7ccccc7C6)C[C@H]5C(=O)N4)O[C@]3(C)[C@@H]1C2.COc1ccc(CN2CCCCCCCCC[C@@H](B3OC4C[C@H]5C[C@H](C5(C)C)[C@@]4(C)O3)NC(=O)[C@@H]3C[C@@H](OC(=O)N4Cc5ccccc5C4)CN3C2=O)cc1. The van der Waals surface area contributed by atoms with Gasteiger partial charge in [0.1, 0.15) is 30.0 Å². The fourth-order valence-electron chi connectivity index (χ4n) is 19.9. The van der Waals surface area contributed by atoms with Crippen LogP contribution in [0.2, 0.25) is 0 Å². The van der Waals surface area contributed by atoms with Gasteiger partial charge in [0.05, 0.1) is 55.5 Å². The van der Waals surface area contributed by atoms with Gasteiger partial charge in [0.15, 0.2) is 0 Å². The maximum atomic E-state index is 14.7. The van der Waals surface area contributed by atoms with Crippen LogP contribution in [-0.4, -0.2) is 168 Å². The molecule has 3 aromatic rings. The van der Waals surface area contributed by atoms with Gasteiger partial charge in [-0.05, 0) is 140 Å². The van der Waals surface area contributed by atoms with Crippen molar-refractivity contribution < 1.29 is 61.6 Å². The van der Waals surface area contributed by atoms with Crippen LogP contribution in [0.3, 0.4) is 0 Å². The molecule has 14 aliphatic rings. The lowest BCUT2D eigenvalue weighted by atomic mass is 9.43. The number of nitrogens with zero attached hydrogens (tertiary/aromatic N) is 5. The molecule has 8 aliphatic heterocycles. The first-order valence-electron chi connectivity index (χ1n) is 38.7. The fraction of sp³-hybridized carbons (Fsp3) is 0.700. The zero-order valence-corrected chi connectivity index (χ0v) is 61.0. The average molecular weight is 1420 g/mol. The first-order valence-corrected chi connectivity index (χ1v) is 38.7. The molecule has 4 bridgehead atoms. The molecule has 6 saturated heterocycles. The van der Waals surface area contributed by atoms with Crippen molar-refractivity contribution in [3.05, 3.63) is 101 Å². The van der Waals surface area contributed by atoms with Gasteiger partial charge in [-0.3, -0.25) is 19.4 Å². The van der Waals surface area contributed by atoms with Gasteiger partial charge in [-0.25, -0.2) is 19.2 Å². The van der Waals surface area contributed by atoms with Gasteiger partial charge >= 0.3 is 38.5 Å². The van der Waals surface area contributed by atoms with Crippen molar-refractivity contribution in [2.75, 3.05) is 33.3 Å². The number of carbonyl (C=O) groups excluding carboxylic acids is 6. The maximum absolute atomic E-state index is 14.7. The molecule has 8 amide bonds. The first-order chi connectivity index (χ1) is 48.7. The number of amides is 8. The van der Waals surface area contributed by atoms with E-state index in [4.69, 9.17) is 32.8 Å². The number of urea groups is 2. The number of ether oxygens (including phenoxy) is 3. The number of hydrogen-bond acceptors (Lipinski definition) is 13. The highest BCUT2D eigenvalue weighted by Gasteiger charge is 2.70. The Morgan fingerprint density at radius 3 is 1.39 bits per heavy atom. The van der Waals surface area contributed by atoms with Gasteiger partial charge in [-0.15, -0.1) is 0 Å². The smallest absolute Gasteiger partial charge is 0.481 e. The van der Waals surface area contributed by atoms with Crippen LogP contribution in [0.25, 0.3) is 0 Å². The monoisotopic (exact) mass is 1420 g/mol. The number of fused-ring (bicyclic) bond motifs is 4. The normalized spacial score (nSPS) is 33.4. The molecule has 0 radical (unpaired) electrons. The highest BCUT2D eigenvalue weighted by Crippen LogP contribution is 2.67. The topological polar surface area (TPSA) is 219 Å². The van der Waals surface area contributed by atoms with Gasteiger partial charge in [0.25, 0.3) is 0 Å². The highest BCUT2D eigenvalue weighted by atomic mass is 16.7. The Kier molecular flexibility index (Phi) is 23.6. The van der Waals surface area contributed by atoms with E-state index in [0.717, 1.165) is 149 Å². The van der Waals surface area contributed by atoms with E-state index in [1.165, 1.54) is 12.8 Å². The van der Waals surface area contributed by atoms with Crippen LogP contribution in [0.5, 0.6) is 5.75 Å². The van der Waals surface area contributed by atoms with Gasteiger partial charge in [0.2, 0.25) is 11.8 Å². The molecular weight excluding hydrogens is 1300 g/mol. The van der Waals surface area contributed by atoms with E-state index in [1.54, 1.807) is 26.7 Å². The van der Waals surface area contributed by atoms with Gasteiger partial charge < -0.3 is 63.5 Å². The Hall–Kier alpha value is -6.55. The molecule has 17 rings (SSSR count). The minimum atomic E-state index is -0.819. The second kappa shape index (κ2) is 31.9. The van der Waals surface area contributed by atoms with Crippen LogP contribution in [0.1, 0.15) is 225 Å². The second-order valence-corrected chi connectivity index (χ2v) is 33.3. The summed E-state index contributed by atoms with van der Waals surface area (Å²) in [4.78, 5) is 92.2. The first kappa shape index (κ1) is 76.1. The molecule has 3 aromatic carbocycles. The van der Waals surface area contributed by atoms with Crippen LogP contribution in [-0.2, 0) is 70.4 Å². The molecule has 8 heterocycles. The number of carbonyl (C=O) groups is 6. The minimum Gasteiger partial charge on any atom is -0.497 e. The second-order valence-electron chi connectivity index (χ2n) is 33.3. The van der Waals surface area contributed by atoms with Crippen LogP contribution >= 0.6 is 0 Å². The average Bonchev–Trinajstić information content (AvgIpc) is 1.65. The van der Waals surface area contributed by atoms with Crippen molar-refractivity contribution in [3.63, 3.8) is 0 Å². The molecule has 6 aliphatic carbocycles. The summed E-state index contributed by atoms with van der Waals surface area (Å²) >= 11 is 0. The minimum absolute atomic E-state index is 0. The van der Waals surface area contributed by atoms with E-state index in [9.17, 15) is 28.8 Å². The Balaban J connectivity index is 0.000000193. The number of hydrogen-bond donors (Lipinski definition) is 3. The third kappa shape index (κ3) is 15.7. The largest absolute Gasteiger partial charge is 0.497 e. The molecule has 2 unspecified atom stereocenters. The van der Waals surface area contributed by atoms with Crippen LogP contribution < -0.4 is 20.7 Å². The third-order valence-corrected chi connectivity index (χ3v) is 26.3. The molecule has 23 heteroatoms. The lowest BCUT2D eigenvalue weighted by Crippen LogP contribution is -2.65. The summed E-state index contributed by atoms with van der Waals surface area (Å²) in [6.45, 7) is 17.6. The van der Waals surface area contributed by atoms with E-state index in [-0.39, 0.29) is 105 Å². The van der Waals surface area contributed by atoms with E-state index in [0.29, 0.717) is 69.5 Å². The third-order valence-electron chi connectivity index (χ3n) is 26.3. The van der Waals surface area contributed by atoms with Crippen molar-refractivity contribution in [3.8, 4) is 5.75 Å². The van der Waals surface area contributed by atoms with Crippen LogP contribution in [0, 0.1) is 34.5 Å². The maximum Gasteiger partial charge on any atom is 0.481 e. The zero-order valence-electron chi connectivity index (χ0n) is 61.0. The van der Waals surface area contributed by atoms with Crippen molar-refractivity contribution in [1.29, 1.82) is 0 Å². The van der Waals surface area contributed by atoms with E-state index in [1.807, 2.05) is 77.7 Å². The molecule has 21 nitrogen and oxygen atoms in total. The zero-order chi connectivity index (χ0) is 70.4. The molecule has 103 heavy (non-hydrogen) atoms. The number of nitrogens with one attached hydrogen (secondary N) is 3. The molecule has 6 saturated carbocycles. The van der Waals surface area contributed by atoms with Crippen molar-refractivity contribution in [1.82, 2.24) is 40.4 Å². The van der Waals surface area contributed by atoms with E-state index >= 15 is 0 Å². The van der Waals surface area contributed by atoms with Gasteiger partial charge in [-0.1, -0.05) is 180 Å². The molecule has 0 spiro atoms. The van der Waals surface area contributed by atoms with Gasteiger partial charge in [0, 0.05) is 58.7 Å².